The third-order valence-electron chi connectivity index (χ3n) is 11.0. The monoisotopic (exact) mass is 899 g/mol. The Hall–Kier alpha value is -7.11. The van der Waals surface area contributed by atoms with Gasteiger partial charge in [0.05, 0.1) is 6.04 Å². The number of fused-ring (bicyclic) bond motifs is 3. The number of alkyl carbamates (subject to hydrolysis) is 1. The molecule has 0 bridgehead atoms. The van der Waals surface area contributed by atoms with Crippen LogP contribution in [-0.2, 0) is 33.4 Å². The number of ether oxygens (including phenoxy) is 3. The van der Waals surface area contributed by atoms with Gasteiger partial charge in [-0.25, -0.2) is 19.4 Å². The summed E-state index contributed by atoms with van der Waals surface area (Å²) in [5, 5.41) is 19.8. The number of thiazole rings is 1. The van der Waals surface area contributed by atoms with E-state index in [0.717, 1.165) is 44.7 Å². The molecule has 3 aliphatic rings. The molecule has 1 aliphatic heterocycles. The van der Waals surface area contributed by atoms with Crippen LogP contribution in [-0.4, -0.2) is 90.2 Å². The first-order chi connectivity index (χ1) is 31.4. The third kappa shape index (κ3) is 10.6. The maximum atomic E-state index is 14.0. The molecule has 17 heteroatoms. The fraction of sp³-hybridized carbons (Fsp3) is 0.312. The van der Waals surface area contributed by atoms with Gasteiger partial charge in [-0.2, -0.15) is 0 Å². The second-order valence-electron chi connectivity index (χ2n) is 16.8. The standard InChI is InChI=1S/C48H49N7O9S/c1-47(2,3)63-46(60)54-44-52-37(28-65-44)39(55-64-48(22-23-48)43(58)62-40(29-14-6-4-7-15-29)30-16-8-5-9-17-30)42(57)53-38-36(51-41(38)56)26-49-24-25-50-45(59)61-27-35-33-20-12-10-18-31(33)32-19-11-13-21-34(32)35/h4-21,28,35-36,38,40,49H,22-27H2,1-3H3,(H,50,59)(H,51,56)(H,53,57)(H,52,54,60)/b55-39+/t36-,38+/m1/s1. The normalized spacial score (nSPS) is 17.1. The van der Waals surface area contributed by atoms with Crippen LogP contribution < -0.4 is 26.6 Å². The quantitative estimate of drug-likeness (QED) is 0.0178. The number of carbonyl (C=O) groups excluding carboxylic acids is 5. The van der Waals surface area contributed by atoms with Gasteiger partial charge in [-0.3, -0.25) is 14.9 Å². The zero-order valence-corrected chi connectivity index (χ0v) is 36.8. The number of anilines is 1. The second-order valence-corrected chi connectivity index (χ2v) is 17.7. The van der Waals surface area contributed by atoms with E-state index >= 15 is 0 Å². The van der Waals surface area contributed by atoms with Crippen molar-refractivity contribution >= 4 is 52.2 Å². The highest BCUT2D eigenvalue weighted by molar-refractivity contribution is 7.14. The molecule has 4 aromatic carbocycles. The molecule has 16 nitrogen and oxygen atoms in total. The summed E-state index contributed by atoms with van der Waals surface area (Å²) in [4.78, 5) is 76.1. The number of nitrogens with one attached hydrogen (secondary N) is 5. The molecule has 0 spiro atoms. The van der Waals surface area contributed by atoms with E-state index in [-0.39, 0.29) is 55.0 Å². The molecule has 1 aromatic heterocycles. The molecule has 4 amide bonds. The highest BCUT2D eigenvalue weighted by Gasteiger charge is 2.56. The molecule has 2 atom stereocenters. The van der Waals surface area contributed by atoms with E-state index in [0.29, 0.717) is 6.54 Å². The minimum atomic E-state index is -1.48. The number of benzene rings is 4. The van der Waals surface area contributed by atoms with Crippen LogP contribution in [0.5, 0.6) is 0 Å². The lowest BCUT2D eigenvalue weighted by Crippen LogP contribution is -2.72. The van der Waals surface area contributed by atoms with Gasteiger partial charge in [-0.15, -0.1) is 11.3 Å². The molecule has 5 aromatic rings. The Labute approximate surface area is 379 Å². The molecule has 65 heavy (non-hydrogen) atoms. The van der Waals surface area contributed by atoms with Crippen molar-refractivity contribution in [3.8, 4) is 11.1 Å². The number of aromatic nitrogens is 1. The fourth-order valence-corrected chi connectivity index (χ4v) is 8.24. The molecular weight excluding hydrogens is 851 g/mol. The molecule has 2 heterocycles. The topological polar surface area (TPSA) is 208 Å². The van der Waals surface area contributed by atoms with Gasteiger partial charge in [0.2, 0.25) is 11.5 Å². The van der Waals surface area contributed by atoms with E-state index in [1.807, 2.05) is 84.9 Å². The van der Waals surface area contributed by atoms with Crippen LogP contribution in [0.25, 0.3) is 11.1 Å². The largest absolute Gasteiger partial charge is 0.450 e. The molecule has 1 saturated carbocycles. The Morgan fingerprint density at radius 3 is 2.06 bits per heavy atom. The Bertz CT molecular complexity index is 2490. The number of rotatable bonds is 17. The lowest BCUT2D eigenvalue weighted by molar-refractivity contribution is -0.164. The molecule has 8 rings (SSSR count). The first kappa shape index (κ1) is 44.5. The first-order valence-corrected chi connectivity index (χ1v) is 22.2. The number of nitrogens with zero attached hydrogens (tertiary/aromatic N) is 2. The first-order valence-electron chi connectivity index (χ1n) is 21.3. The number of esters is 1. The predicted molar refractivity (Wildman–Crippen MR) is 242 cm³/mol. The Morgan fingerprint density at radius 2 is 1.46 bits per heavy atom. The summed E-state index contributed by atoms with van der Waals surface area (Å²) in [5.74, 6) is -1.96. The number of carbonyl (C=O) groups is 5. The van der Waals surface area contributed by atoms with Gasteiger partial charge < -0.3 is 40.3 Å². The Kier molecular flexibility index (Phi) is 13.2. The van der Waals surface area contributed by atoms with Gasteiger partial charge in [0.15, 0.2) is 16.9 Å². The van der Waals surface area contributed by atoms with Crippen molar-refractivity contribution in [2.45, 2.75) is 68.9 Å². The zero-order valence-electron chi connectivity index (χ0n) is 36.0. The van der Waals surface area contributed by atoms with Crippen molar-refractivity contribution < 1.29 is 43.0 Å². The van der Waals surface area contributed by atoms with Gasteiger partial charge in [-0.05, 0) is 54.2 Å². The van der Waals surface area contributed by atoms with E-state index in [1.165, 1.54) is 5.38 Å². The van der Waals surface area contributed by atoms with Crippen LogP contribution in [0.2, 0.25) is 0 Å². The second kappa shape index (κ2) is 19.3. The van der Waals surface area contributed by atoms with Crippen molar-refractivity contribution in [2.24, 2.45) is 5.16 Å². The van der Waals surface area contributed by atoms with Crippen molar-refractivity contribution in [3.63, 3.8) is 0 Å². The van der Waals surface area contributed by atoms with E-state index in [2.05, 4.69) is 61.0 Å². The van der Waals surface area contributed by atoms with Crippen molar-refractivity contribution in [2.75, 3.05) is 31.6 Å². The maximum Gasteiger partial charge on any atom is 0.413 e. The zero-order chi connectivity index (χ0) is 45.6. The molecule has 0 unspecified atom stereocenters. The molecule has 1 saturated heterocycles. The summed E-state index contributed by atoms with van der Waals surface area (Å²) in [5.41, 5.74) is 3.47. The smallest absolute Gasteiger partial charge is 0.413 e. The summed E-state index contributed by atoms with van der Waals surface area (Å²) in [6, 6.07) is 33.3. The summed E-state index contributed by atoms with van der Waals surface area (Å²) in [6.45, 7) is 6.19. The summed E-state index contributed by atoms with van der Waals surface area (Å²) < 4.78 is 17.0. The fourth-order valence-electron chi connectivity index (χ4n) is 7.56. The summed E-state index contributed by atoms with van der Waals surface area (Å²) >= 11 is 1.01. The van der Waals surface area contributed by atoms with E-state index < -0.39 is 59.4 Å². The van der Waals surface area contributed by atoms with Crippen molar-refractivity contribution in [1.29, 1.82) is 0 Å². The lowest BCUT2D eigenvalue weighted by Gasteiger charge is -2.37. The van der Waals surface area contributed by atoms with Crippen LogP contribution >= 0.6 is 11.3 Å². The number of oxime groups is 1. The highest BCUT2D eigenvalue weighted by Crippen LogP contribution is 2.45. The van der Waals surface area contributed by atoms with Crippen molar-refractivity contribution in [3.05, 3.63) is 143 Å². The van der Waals surface area contributed by atoms with Gasteiger partial charge in [0.1, 0.15) is 23.9 Å². The summed E-state index contributed by atoms with van der Waals surface area (Å²) in [6.07, 6.45) is -1.48. The number of hydrogen-bond acceptors (Lipinski definition) is 13. The van der Waals surface area contributed by atoms with E-state index in [9.17, 15) is 24.0 Å². The van der Waals surface area contributed by atoms with E-state index in [4.69, 9.17) is 19.0 Å². The molecule has 336 valence electrons. The molecule has 0 radical (unpaired) electrons. The van der Waals surface area contributed by atoms with Gasteiger partial charge in [-0.1, -0.05) is 114 Å². The Morgan fingerprint density at radius 1 is 0.846 bits per heavy atom. The molecular formula is C48H49N7O9S. The van der Waals surface area contributed by atoms with Gasteiger partial charge >= 0.3 is 18.2 Å². The van der Waals surface area contributed by atoms with Crippen molar-refractivity contribution in [1.82, 2.24) is 26.3 Å². The summed E-state index contributed by atoms with van der Waals surface area (Å²) in [7, 11) is 0. The number of hydrogen-bond donors (Lipinski definition) is 5. The average molecular weight is 900 g/mol. The highest BCUT2D eigenvalue weighted by atomic mass is 32.1. The third-order valence-corrected chi connectivity index (χ3v) is 11.7. The maximum absolute atomic E-state index is 14.0. The van der Waals surface area contributed by atoms with Crippen LogP contribution in [0, 0.1) is 0 Å². The molecule has 5 N–H and O–H groups in total. The number of amides is 4. The Balaban J connectivity index is 0.881. The average Bonchev–Trinajstić information content (AvgIpc) is 3.85. The minimum Gasteiger partial charge on any atom is -0.450 e. The van der Waals surface area contributed by atoms with Crippen LogP contribution in [0.4, 0.5) is 14.7 Å². The molecule has 2 fully saturated rings. The van der Waals surface area contributed by atoms with Crippen LogP contribution in [0.3, 0.4) is 0 Å². The lowest BCUT2D eigenvalue weighted by atomic mass is 9.98. The van der Waals surface area contributed by atoms with Crippen LogP contribution in [0.1, 0.15) is 73.6 Å². The van der Waals surface area contributed by atoms with Gasteiger partial charge in [0, 0.05) is 43.8 Å². The number of β-lactam (4-membered cyclic amide) rings is 1. The minimum absolute atomic E-state index is 0.0166. The van der Waals surface area contributed by atoms with Gasteiger partial charge in [0.25, 0.3) is 5.91 Å². The van der Waals surface area contributed by atoms with E-state index in [1.54, 1.807) is 20.8 Å². The molecule has 2 aliphatic carbocycles. The van der Waals surface area contributed by atoms with Crippen LogP contribution in [0.15, 0.2) is 120 Å². The SMILES string of the molecule is CC(C)(C)OC(=O)Nc1nc(/C(=N\OC2(C(=O)OC(c3ccccc3)c3ccccc3)CC2)C(=O)N[C@@H]2C(=O)N[C@@H]2CNCCNC(=O)OCC2c3ccccc3-c3ccccc32)cs1. The predicted octanol–water partition coefficient (Wildman–Crippen LogP) is 6.19.